The zero-order chi connectivity index (χ0) is 20.5. The number of alkyl halides is 3. The molecule has 0 bridgehead atoms. The Morgan fingerprint density at radius 2 is 1.86 bits per heavy atom. The van der Waals surface area contributed by atoms with E-state index in [1.165, 1.54) is 13.2 Å². The van der Waals surface area contributed by atoms with Crippen LogP contribution in [-0.2, 0) is 22.3 Å². The van der Waals surface area contributed by atoms with Crippen LogP contribution in [0.5, 0.6) is 0 Å². The monoisotopic (exact) mass is 389 g/mol. The number of pyridine rings is 1. The average molecular weight is 389 g/mol. The van der Waals surface area contributed by atoms with Crippen molar-refractivity contribution in [2.75, 3.05) is 7.11 Å². The van der Waals surface area contributed by atoms with Gasteiger partial charge in [-0.2, -0.15) is 13.2 Å². The van der Waals surface area contributed by atoms with E-state index in [9.17, 15) is 18.0 Å². The second-order valence-corrected chi connectivity index (χ2v) is 6.37. The van der Waals surface area contributed by atoms with Gasteiger partial charge in [-0.1, -0.05) is 24.3 Å². The molecule has 8 heteroatoms. The summed E-state index contributed by atoms with van der Waals surface area (Å²) in [6.45, 7) is 3.43. The van der Waals surface area contributed by atoms with Crippen LogP contribution in [-0.4, -0.2) is 27.6 Å². The molecule has 28 heavy (non-hydrogen) atoms. The first-order valence-electron chi connectivity index (χ1n) is 8.45. The minimum atomic E-state index is -4.59. The summed E-state index contributed by atoms with van der Waals surface area (Å²) in [7, 11) is 1.28. The molecule has 0 fully saturated rings. The second kappa shape index (κ2) is 7.46. The first kappa shape index (κ1) is 19.6. The lowest BCUT2D eigenvalue weighted by Crippen LogP contribution is -2.16. The molecule has 0 atom stereocenters. The van der Waals surface area contributed by atoms with Crippen molar-refractivity contribution in [2.45, 2.75) is 26.6 Å². The number of halogens is 3. The highest BCUT2D eigenvalue weighted by Gasteiger charge is 2.38. The van der Waals surface area contributed by atoms with Crippen molar-refractivity contribution in [3.63, 3.8) is 0 Å². The average Bonchev–Trinajstić information content (AvgIpc) is 3.00. The van der Waals surface area contributed by atoms with Crippen molar-refractivity contribution in [3.05, 3.63) is 64.6 Å². The smallest absolute Gasteiger partial charge is 0.449 e. The number of nitrogens with zero attached hydrogens (tertiary/aromatic N) is 3. The number of hydrogen-bond acceptors (Lipinski definition) is 4. The van der Waals surface area contributed by atoms with Crippen molar-refractivity contribution in [3.8, 4) is 0 Å². The maximum absolute atomic E-state index is 13.5. The number of aryl methyl sites for hydroxylation is 2. The molecule has 0 saturated heterocycles. The molecular weight excluding hydrogens is 371 g/mol. The predicted molar refractivity (Wildman–Crippen MR) is 98.6 cm³/mol. The van der Waals surface area contributed by atoms with E-state index in [4.69, 9.17) is 0 Å². The molecule has 0 unspecified atom stereocenters. The number of aromatic nitrogens is 3. The maximum Gasteiger partial charge on any atom is 0.449 e. The standard InChI is InChI=1S/C20H18F3N3O2/c1-12-10-13(2)24-18-17(12)25-19(20(21,22)23)26(18)11-15-6-4-14(5-7-15)8-9-16(27)28-3/h4-10H,11H2,1-3H3. The number of esters is 1. The van der Waals surface area contributed by atoms with Crippen LogP contribution in [0.25, 0.3) is 17.2 Å². The Bertz CT molecular complexity index is 1050. The SMILES string of the molecule is COC(=O)C=Cc1ccc(Cn2c(C(F)(F)F)nc3c(C)cc(C)nc32)cc1. The third-order valence-electron chi connectivity index (χ3n) is 4.21. The van der Waals surface area contributed by atoms with Gasteiger partial charge in [0.2, 0.25) is 5.82 Å². The van der Waals surface area contributed by atoms with E-state index in [0.717, 1.165) is 10.1 Å². The quantitative estimate of drug-likeness (QED) is 0.493. The lowest BCUT2D eigenvalue weighted by atomic mass is 10.1. The molecule has 0 saturated carbocycles. The first-order chi connectivity index (χ1) is 13.2. The van der Waals surface area contributed by atoms with E-state index in [1.54, 1.807) is 50.3 Å². The number of carbonyl (C=O) groups is 1. The van der Waals surface area contributed by atoms with Crippen molar-refractivity contribution in [2.24, 2.45) is 0 Å². The minimum absolute atomic E-state index is 0.0256. The van der Waals surface area contributed by atoms with Gasteiger partial charge in [-0.3, -0.25) is 0 Å². The van der Waals surface area contributed by atoms with Gasteiger partial charge in [-0.05, 0) is 42.7 Å². The minimum Gasteiger partial charge on any atom is -0.466 e. The van der Waals surface area contributed by atoms with Crippen LogP contribution in [0, 0.1) is 13.8 Å². The Morgan fingerprint density at radius 1 is 1.18 bits per heavy atom. The Balaban J connectivity index is 1.99. The number of rotatable bonds is 4. The van der Waals surface area contributed by atoms with Gasteiger partial charge >= 0.3 is 12.1 Å². The van der Waals surface area contributed by atoms with Crippen molar-refractivity contribution >= 4 is 23.2 Å². The number of ether oxygens (including phenoxy) is 1. The van der Waals surface area contributed by atoms with Crippen molar-refractivity contribution in [1.82, 2.24) is 14.5 Å². The fourth-order valence-corrected chi connectivity index (χ4v) is 2.92. The Morgan fingerprint density at radius 3 is 2.46 bits per heavy atom. The Hall–Kier alpha value is -3.16. The molecule has 0 radical (unpaired) electrons. The van der Waals surface area contributed by atoms with Gasteiger partial charge in [-0.25, -0.2) is 14.8 Å². The van der Waals surface area contributed by atoms with E-state index in [-0.39, 0.29) is 17.7 Å². The van der Waals surface area contributed by atoms with Gasteiger partial charge < -0.3 is 9.30 Å². The van der Waals surface area contributed by atoms with Crippen LogP contribution in [0.4, 0.5) is 13.2 Å². The number of imidazole rings is 1. The fourth-order valence-electron chi connectivity index (χ4n) is 2.92. The predicted octanol–water partition coefficient (Wildman–Crippen LogP) is 4.30. The van der Waals surface area contributed by atoms with Crippen LogP contribution in [0.1, 0.15) is 28.2 Å². The summed E-state index contributed by atoms with van der Waals surface area (Å²) in [5.74, 6) is -1.46. The lowest BCUT2D eigenvalue weighted by molar-refractivity contribution is -0.146. The summed E-state index contributed by atoms with van der Waals surface area (Å²) in [6.07, 6.45) is -1.75. The zero-order valence-electron chi connectivity index (χ0n) is 15.5. The third kappa shape index (κ3) is 4.05. The molecule has 2 heterocycles. The van der Waals surface area contributed by atoms with Gasteiger partial charge in [0.25, 0.3) is 0 Å². The van der Waals surface area contributed by atoms with Crippen LogP contribution in [0.3, 0.4) is 0 Å². The molecule has 146 valence electrons. The largest absolute Gasteiger partial charge is 0.466 e. The molecular formula is C20H18F3N3O2. The number of hydrogen-bond donors (Lipinski definition) is 0. The molecule has 3 rings (SSSR count). The fraction of sp³-hybridized carbons (Fsp3) is 0.250. The lowest BCUT2D eigenvalue weighted by Gasteiger charge is -2.11. The molecule has 0 aliphatic heterocycles. The summed E-state index contributed by atoms with van der Waals surface area (Å²) >= 11 is 0. The highest BCUT2D eigenvalue weighted by atomic mass is 19.4. The molecule has 0 amide bonds. The van der Waals surface area contributed by atoms with Crippen molar-refractivity contribution in [1.29, 1.82) is 0 Å². The number of benzene rings is 1. The Labute approximate surface area is 159 Å². The van der Waals surface area contributed by atoms with Crippen LogP contribution >= 0.6 is 0 Å². The Kier molecular flexibility index (Phi) is 5.22. The second-order valence-electron chi connectivity index (χ2n) is 6.37. The van der Waals surface area contributed by atoms with Crippen molar-refractivity contribution < 1.29 is 22.7 Å². The van der Waals surface area contributed by atoms with E-state index in [0.29, 0.717) is 16.8 Å². The van der Waals surface area contributed by atoms with E-state index < -0.39 is 18.0 Å². The van der Waals surface area contributed by atoms with E-state index in [1.807, 2.05) is 0 Å². The van der Waals surface area contributed by atoms with Gasteiger partial charge in [-0.15, -0.1) is 0 Å². The number of methoxy groups -OCH3 is 1. The van der Waals surface area contributed by atoms with Gasteiger partial charge in [0, 0.05) is 11.8 Å². The van der Waals surface area contributed by atoms with Crippen LogP contribution in [0.2, 0.25) is 0 Å². The normalized spacial score (nSPS) is 12.1. The van der Waals surface area contributed by atoms with E-state index in [2.05, 4.69) is 14.7 Å². The molecule has 3 aromatic rings. The zero-order valence-corrected chi connectivity index (χ0v) is 15.5. The molecule has 5 nitrogen and oxygen atoms in total. The van der Waals surface area contributed by atoms with Gasteiger partial charge in [0.15, 0.2) is 5.65 Å². The highest BCUT2D eigenvalue weighted by Crippen LogP contribution is 2.32. The molecule has 0 aliphatic carbocycles. The highest BCUT2D eigenvalue weighted by molar-refractivity contribution is 5.86. The summed E-state index contributed by atoms with van der Waals surface area (Å²) in [5.41, 5.74) is 3.11. The summed E-state index contributed by atoms with van der Waals surface area (Å²) in [6, 6.07) is 8.54. The topological polar surface area (TPSA) is 57.0 Å². The molecule has 0 N–H and O–H groups in total. The van der Waals surface area contributed by atoms with Gasteiger partial charge in [0.1, 0.15) is 5.52 Å². The molecule has 1 aromatic carbocycles. The molecule has 2 aromatic heterocycles. The first-order valence-corrected chi connectivity index (χ1v) is 8.45. The number of carbonyl (C=O) groups excluding carboxylic acids is 1. The summed E-state index contributed by atoms with van der Waals surface area (Å²) in [5, 5.41) is 0. The maximum atomic E-state index is 13.5. The number of fused-ring (bicyclic) bond motifs is 1. The third-order valence-corrected chi connectivity index (χ3v) is 4.21. The summed E-state index contributed by atoms with van der Waals surface area (Å²) in [4.78, 5) is 19.2. The van der Waals surface area contributed by atoms with E-state index >= 15 is 0 Å². The van der Waals surface area contributed by atoms with Crippen LogP contribution < -0.4 is 0 Å². The van der Waals surface area contributed by atoms with Crippen LogP contribution in [0.15, 0.2) is 36.4 Å². The molecule has 0 aliphatic rings. The molecule has 0 spiro atoms. The van der Waals surface area contributed by atoms with Gasteiger partial charge in [0.05, 0.1) is 13.7 Å². The summed E-state index contributed by atoms with van der Waals surface area (Å²) < 4.78 is 46.2.